The van der Waals surface area contributed by atoms with E-state index >= 15 is 0 Å². The average molecular weight is 311 g/mol. The maximum absolute atomic E-state index is 12.7. The average Bonchev–Trinajstić information content (AvgIpc) is 2.47. The Kier molecular flexibility index (Phi) is 4.65. The van der Waals surface area contributed by atoms with Gasteiger partial charge in [0, 0.05) is 19.1 Å². The van der Waals surface area contributed by atoms with Crippen LogP contribution in [0.2, 0.25) is 0 Å². The van der Waals surface area contributed by atoms with Crippen LogP contribution < -0.4 is 11.1 Å². The van der Waals surface area contributed by atoms with Crippen LogP contribution in [0.3, 0.4) is 0 Å². The summed E-state index contributed by atoms with van der Waals surface area (Å²) in [5, 5.41) is 2.70. The largest absolute Gasteiger partial charge is 0.353 e. The molecule has 0 aliphatic carbocycles. The molecule has 0 saturated carbocycles. The second-order valence-electron chi connectivity index (χ2n) is 5.19. The first kappa shape index (κ1) is 15.9. The molecule has 1 saturated heterocycles. The van der Waals surface area contributed by atoms with Gasteiger partial charge in [-0.15, -0.1) is 0 Å². The summed E-state index contributed by atoms with van der Waals surface area (Å²) in [5.41, 5.74) is 6.64. The fraction of sp³-hybridized carbons (Fsp3) is 0.500. The Morgan fingerprint density at radius 3 is 2.52 bits per heavy atom. The molecule has 0 spiro atoms. The first-order valence-corrected chi connectivity index (χ1v) is 8.47. The standard InChI is InChI=1S/C14H21N3O3S/c1-3-13-14(18)16-8-9-17(13)21(19,20)12-6-4-11(5-7-12)10(2)15/h4-7,10,13H,3,8-9,15H2,1-2H3,(H,16,18). The van der Waals surface area contributed by atoms with Crippen molar-refractivity contribution in [3.63, 3.8) is 0 Å². The van der Waals surface area contributed by atoms with Gasteiger partial charge in [0.2, 0.25) is 15.9 Å². The topological polar surface area (TPSA) is 92.5 Å². The lowest BCUT2D eigenvalue weighted by atomic mass is 10.1. The molecule has 1 heterocycles. The summed E-state index contributed by atoms with van der Waals surface area (Å²) in [6.45, 7) is 4.27. The molecule has 6 nitrogen and oxygen atoms in total. The van der Waals surface area contributed by atoms with Crippen LogP contribution in [0.15, 0.2) is 29.2 Å². The van der Waals surface area contributed by atoms with Crippen molar-refractivity contribution in [3.05, 3.63) is 29.8 Å². The van der Waals surface area contributed by atoms with Crippen LogP contribution in [0.4, 0.5) is 0 Å². The van der Waals surface area contributed by atoms with Crippen LogP contribution in [0.5, 0.6) is 0 Å². The number of piperazine rings is 1. The van der Waals surface area contributed by atoms with Crippen molar-refractivity contribution in [2.45, 2.75) is 37.2 Å². The van der Waals surface area contributed by atoms with E-state index in [9.17, 15) is 13.2 Å². The van der Waals surface area contributed by atoms with E-state index in [0.717, 1.165) is 5.56 Å². The molecule has 0 aromatic heterocycles. The zero-order valence-electron chi connectivity index (χ0n) is 12.2. The van der Waals surface area contributed by atoms with Crippen LogP contribution in [-0.4, -0.2) is 37.8 Å². The fourth-order valence-corrected chi connectivity index (χ4v) is 4.11. The third-order valence-corrected chi connectivity index (χ3v) is 5.60. The number of nitrogens with zero attached hydrogens (tertiary/aromatic N) is 1. The van der Waals surface area contributed by atoms with E-state index in [1.807, 2.05) is 6.92 Å². The summed E-state index contributed by atoms with van der Waals surface area (Å²) in [6, 6.07) is 5.73. The first-order chi connectivity index (χ1) is 9.87. The smallest absolute Gasteiger partial charge is 0.243 e. The molecule has 116 valence electrons. The minimum atomic E-state index is -3.67. The minimum Gasteiger partial charge on any atom is -0.353 e. The summed E-state index contributed by atoms with van der Waals surface area (Å²) < 4.78 is 26.7. The van der Waals surface area contributed by atoms with Gasteiger partial charge in [-0.1, -0.05) is 19.1 Å². The maximum Gasteiger partial charge on any atom is 0.243 e. The number of carbonyl (C=O) groups is 1. The van der Waals surface area contributed by atoms with E-state index < -0.39 is 16.1 Å². The van der Waals surface area contributed by atoms with Crippen LogP contribution >= 0.6 is 0 Å². The van der Waals surface area contributed by atoms with Crippen LogP contribution in [0, 0.1) is 0 Å². The van der Waals surface area contributed by atoms with E-state index in [1.165, 1.54) is 4.31 Å². The lowest BCUT2D eigenvalue weighted by Crippen LogP contribution is -2.56. The Bertz CT molecular complexity index is 611. The Morgan fingerprint density at radius 1 is 1.38 bits per heavy atom. The third kappa shape index (κ3) is 3.09. The molecule has 2 unspecified atom stereocenters. The molecule has 0 radical (unpaired) electrons. The molecule has 1 aromatic carbocycles. The Morgan fingerprint density at radius 2 is 2.00 bits per heavy atom. The number of benzene rings is 1. The summed E-state index contributed by atoms with van der Waals surface area (Å²) >= 11 is 0. The van der Waals surface area contributed by atoms with E-state index in [4.69, 9.17) is 5.73 Å². The summed E-state index contributed by atoms with van der Waals surface area (Å²) in [6.07, 6.45) is 0.447. The molecule has 2 rings (SSSR count). The minimum absolute atomic E-state index is 0.147. The summed E-state index contributed by atoms with van der Waals surface area (Å²) in [4.78, 5) is 12.0. The molecule has 2 atom stereocenters. The molecule has 1 amide bonds. The molecule has 3 N–H and O–H groups in total. The van der Waals surface area contributed by atoms with Crippen LogP contribution in [0.1, 0.15) is 31.9 Å². The van der Waals surface area contributed by atoms with Gasteiger partial charge in [0.05, 0.1) is 4.90 Å². The zero-order valence-corrected chi connectivity index (χ0v) is 13.1. The van der Waals surface area contributed by atoms with Gasteiger partial charge in [-0.05, 0) is 31.0 Å². The molecule has 7 heteroatoms. The van der Waals surface area contributed by atoms with E-state index in [1.54, 1.807) is 31.2 Å². The summed E-state index contributed by atoms with van der Waals surface area (Å²) in [7, 11) is -3.67. The predicted molar refractivity (Wildman–Crippen MR) is 80.0 cm³/mol. The van der Waals surface area contributed by atoms with Crippen molar-refractivity contribution in [2.75, 3.05) is 13.1 Å². The fourth-order valence-electron chi connectivity index (χ4n) is 2.45. The molecule has 1 fully saturated rings. The Labute approximate surface area is 125 Å². The molecule has 1 aliphatic rings. The Hall–Kier alpha value is -1.44. The van der Waals surface area contributed by atoms with Crippen LogP contribution in [-0.2, 0) is 14.8 Å². The van der Waals surface area contributed by atoms with Crippen LogP contribution in [0.25, 0.3) is 0 Å². The van der Waals surface area contributed by atoms with Crippen molar-refractivity contribution >= 4 is 15.9 Å². The number of carbonyl (C=O) groups excluding carboxylic acids is 1. The SMILES string of the molecule is CCC1C(=O)NCCN1S(=O)(=O)c1ccc(C(C)N)cc1. The second kappa shape index (κ2) is 6.13. The van der Waals surface area contributed by atoms with Gasteiger partial charge >= 0.3 is 0 Å². The van der Waals surface area contributed by atoms with Gasteiger partial charge in [-0.2, -0.15) is 4.31 Å². The lowest BCUT2D eigenvalue weighted by molar-refractivity contribution is -0.126. The monoisotopic (exact) mass is 311 g/mol. The number of sulfonamides is 1. The van der Waals surface area contributed by atoms with E-state index in [0.29, 0.717) is 19.5 Å². The van der Waals surface area contributed by atoms with Gasteiger partial charge < -0.3 is 11.1 Å². The number of amides is 1. The highest BCUT2D eigenvalue weighted by Gasteiger charge is 2.37. The van der Waals surface area contributed by atoms with Crippen molar-refractivity contribution < 1.29 is 13.2 Å². The molecular weight excluding hydrogens is 290 g/mol. The quantitative estimate of drug-likeness (QED) is 0.852. The second-order valence-corrected chi connectivity index (χ2v) is 7.08. The zero-order chi connectivity index (χ0) is 15.6. The van der Waals surface area contributed by atoms with Gasteiger partial charge in [0.15, 0.2) is 0 Å². The first-order valence-electron chi connectivity index (χ1n) is 7.03. The molecule has 1 aromatic rings. The number of nitrogens with one attached hydrogen (secondary N) is 1. The highest BCUT2D eigenvalue weighted by Crippen LogP contribution is 2.22. The summed E-state index contributed by atoms with van der Waals surface area (Å²) in [5.74, 6) is -0.237. The van der Waals surface area contributed by atoms with Crippen molar-refractivity contribution in [3.8, 4) is 0 Å². The van der Waals surface area contributed by atoms with Gasteiger partial charge in [0.25, 0.3) is 0 Å². The van der Waals surface area contributed by atoms with Gasteiger partial charge in [0.1, 0.15) is 6.04 Å². The maximum atomic E-state index is 12.7. The number of rotatable bonds is 4. The van der Waals surface area contributed by atoms with E-state index in [-0.39, 0.29) is 16.8 Å². The molecule has 1 aliphatic heterocycles. The third-order valence-electron chi connectivity index (χ3n) is 3.68. The molecule has 0 bridgehead atoms. The predicted octanol–water partition coefficient (Wildman–Crippen LogP) is 0.605. The van der Waals surface area contributed by atoms with Crippen molar-refractivity contribution in [1.82, 2.24) is 9.62 Å². The highest BCUT2D eigenvalue weighted by molar-refractivity contribution is 7.89. The molecule has 21 heavy (non-hydrogen) atoms. The van der Waals surface area contributed by atoms with Crippen molar-refractivity contribution in [2.24, 2.45) is 5.73 Å². The van der Waals surface area contributed by atoms with Crippen molar-refractivity contribution in [1.29, 1.82) is 0 Å². The lowest BCUT2D eigenvalue weighted by Gasteiger charge is -2.33. The van der Waals surface area contributed by atoms with Gasteiger partial charge in [-0.3, -0.25) is 4.79 Å². The normalized spacial score (nSPS) is 21.9. The van der Waals surface area contributed by atoms with E-state index in [2.05, 4.69) is 5.32 Å². The molecular formula is C14H21N3O3S. The number of hydrogen-bond acceptors (Lipinski definition) is 4. The highest BCUT2D eigenvalue weighted by atomic mass is 32.2. The number of nitrogens with two attached hydrogens (primary N) is 1. The Balaban J connectivity index is 2.34. The number of hydrogen-bond donors (Lipinski definition) is 2. The van der Waals surface area contributed by atoms with Gasteiger partial charge in [-0.25, -0.2) is 8.42 Å².